The van der Waals surface area contributed by atoms with Gasteiger partial charge in [0.25, 0.3) is 0 Å². The van der Waals surface area contributed by atoms with Crippen molar-refractivity contribution in [2.45, 2.75) is 22.8 Å². The van der Waals surface area contributed by atoms with Crippen molar-refractivity contribution >= 4 is 28.3 Å². The first-order valence-corrected chi connectivity index (χ1v) is 5.94. The summed E-state index contributed by atoms with van der Waals surface area (Å²) in [5, 5.41) is 12.0. The maximum absolute atomic E-state index is 11.7. The molecule has 0 saturated heterocycles. The van der Waals surface area contributed by atoms with Crippen molar-refractivity contribution in [1.82, 2.24) is 5.10 Å². The topological polar surface area (TPSA) is 71.1 Å². The normalized spacial score (nSPS) is 15.0. The number of carboxylic acids is 1. The van der Waals surface area contributed by atoms with E-state index in [2.05, 4.69) is 5.10 Å². The summed E-state index contributed by atoms with van der Waals surface area (Å²) in [6, 6.07) is 0. The van der Waals surface area contributed by atoms with Crippen LogP contribution in [0.4, 0.5) is 0 Å². The molecule has 0 radical (unpaired) electrons. The highest BCUT2D eigenvalue weighted by Gasteiger charge is 2.21. The van der Waals surface area contributed by atoms with Crippen molar-refractivity contribution in [2.24, 2.45) is 7.05 Å². The van der Waals surface area contributed by atoms with Crippen LogP contribution in [0.3, 0.4) is 0 Å². The minimum atomic E-state index is -1.27. The second kappa shape index (κ2) is 4.61. The molecule has 0 aliphatic rings. The number of carbonyl (C=O) groups is 1. The average Bonchev–Trinajstić information content (AvgIpc) is 2.49. The smallest absolute Gasteiger partial charge is 0.304 e. The zero-order valence-corrected chi connectivity index (χ0v) is 9.47. The van der Waals surface area contributed by atoms with Crippen LogP contribution in [0.1, 0.15) is 13.3 Å². The van der Waals surface area contributed by atoms with Crippen LogP contribution in [-0.2, 0) is 22.6 Å². The molecule has 78 valence electrons. The molecule has 14 heavy (non-hydrogen) atoms. The molecule has 0 saturated carbocycles. The van der Waals surface area contributed by atoms with Crippen molar-refractivity contribution < 1.29 is 18.2 Å². The summed E-state index contributed by atoms with van der Waals surface area (Å²) in [5.74, 6) is -0.931. The van der Waals surface area contributed by atoms with Gasteiger partial charge < -0.3 is 5.11 Å². The molecule has 1 heterocycles. The number of aromatic nitrogens is 2. The molecule has 0 amide bonds. The van der Waals surface area contributed by atoms with Gasteiger partial charge in [0.1, 0.15) is 6.20 Å². The van der Waals surface area contributed by atoms with Crippen LogP contribution in [0.5, 0.6) is 0 Å². The van der Waals surface area contributed by atoms with Gasteiger partial charge >= 0.3 is 5.97 Å². The van der Waals surface area contributed by atoms with Crippen LogP contribution in [-0.4, -0.2) is 25.6 Å². The highest BCUT2D eigenvalue weighted by Crippen LogP contribution is 2.14. The molecule has 2 unspecified atom stereocenters. The van der Waals surface area contributed by atoms with E-state index in [9.17, 15) is 9.00 Å². The van der Waals surface area contributed by atoms with E-state index in [1.165, 1.54) is 17.7 Å². The van der Waals surface area contributed by atoms with Gasteiger partial charge in [0.05, 0.1) is 17.2 Å². The molecule has 0 fully saturated rings. The lowest BCUT2D eigenvalue weighted by atomic mass is 10.3. The van der Waals surface area contributed by atoms with Gasteiger partial charge in [-0.05, 0) is 11.0 Å². The van der Waals surface area contributed by atoms with Gasteiger partial charge in [0.15, 0.2) is 22.8 Å². The van der Waals surface area contributed by atoms with Crippen molar-refractivity contribution in [3.05, 3.63) is 6.20 Å². The van der Waals surface area contributed by atoms with E-state index in [-0.39, 0.29) is 11.7 Å². The largest absolute Gasteiger partial charge is 0.481 e. The lowest BCUT2D eigenvalue weighted by Crippen LogP contribution is -2.24. The highest BCUT2D eigenvalue weighted by molar-refractivity contribution is 7.87. The average molecular weight is 235 g/mol. The van der Waals surface area contributed by atoms with Crippen molar-refractivity contribution in [3.8, 4) is 0 Å². The minimum absolute atomic E-state index is 0.0891. The zero-order valence-electron chi connectivity index (χ0n) is 7.84. The lowest BCUT2D eigenvalue weighted by molar-refractivity contribution is -0.663. The molecule has 0 aromatic carbocycles. The molecule has 1 N–H and O–H groups in total. The molecule has 2 atom stereocenters. The first-order chi connectivity index (χ1) is 6.50. The number of hydrogen-bond acceptors (Lipinski definition) is 4. The van der Waals surface area contributed by atoms with Gasteiger partial charge in [0.2, 0.25) is 0 Å². The lowest BCUT2D eigenvalue weighted by Gasteiger charge is -2.03. The molecular formula is C7H11N2O3S2+. The molecular weight excluding hydrogens is 224 g/mol. The highest BCUT2D eigenvalue weighted by atomic mass is 32.2. The molecule has 1 rings (SSSR count). The number of hydrogen-bond donors (Lipinski definition) is 1. The first kappa shape index (κ1) is 11.3. The molecule has 0 aliphatic carbocycles. The Morgan fingerprint density at radius 2 is 2.50 bits per heavy atom. The Hall–Kier alpha value is -0.820. The number of nitrogens with zero attached hydrogens (tertiary/aromatic N) is 2. The minimum Gasteiger partial charge on any atom is -0.481 e. The van der Waals surface area contributed by atoms with E-state index >= 15 is 0 Å². The van der Waals surface area contributed by atoms with Crippen molar-refractivity contribution in [1.29, 1.82) is 0 Å². The van der Waals surface area contributed by atoms with Gasteiger partial charge in [-0.15, -0.1) is 0 Å². The third-order valence-electron chi connectivity index (χ3n) is 1.57. The number of aryl methyl sites for hydroxylation is 1. The summed E-state index contributed by atoms with van der Waals surface area (Å²) < 4.78 is 13.9. The summed E-state index contributed by atoms with van der Waals surface area (Å²) in [5.41, 5.74) is 0. The van der Waals surface area contributed by atoms with Crippen molar-refractivity contribution in [2.75, 3.05) is 0 Å². The van der Waals surface area contributed by atoms with E-state index in [1.807, 2.05) is 0 Å². The summed E-state index contributed by atoms with van der Waals surface area (Å²) in [6.07, 6.45) is 1.42. The Morgan fingerprint density at radius 3 is 2.93 bits per heavy atom. The first-order valence-electron chi connectivity index (χ1n) is 3.95. The molecule has 0 spiro atoms. The Morgan fingerprint density at radius 1 is 1.86 bits per heavy atom. The Labute approximate surface area is 88.0 Å². The predicted octanol–water partition coefficient (Wildman–Crippen LogP) is -0.0616. The Kier molecular flexibility index (Phi) is 3.70. The zero-order chi connectivity index (χ0) is 10.7. The quantitative estimate of drug-likeness (QED) is 0.742. The van der Waals surface area contributed by atoms with Crippen LogP contribution in [0, 0.1) is 0 Å². The second-order valence-electron chi connectivity index (χ2n) is 2.83. The van der Waals surface area contributed by atoms with Crippen LogP contribution in [0.15, 0.2) is 10.4 Å². The van der Waals surface area contributed by atoms with E-state index in [4.69, 9.17) is 5.11 Å². The molecule has 7 heteroatoms. The van der Waals surface area contributed by atoms with Gasteiger partial charge in [-0.3, -0.25) is 9.00 Å². The molecule has 0 bridgehead atoms. The van der Waals surface area contributed by atoms with Crippen LogP contribution >= 0.6 is 11.5 Å². The van der Waals surface area contributed by atoms with Gasteiger partial charge in [-0.25, -0.2) is 0 Å². The number of aliphatic carboxylic acids is 1. The standard InChI is InChI=1S/C7H10N2O3S2/c1-5(3-6(10)11)14(12)7-4-8-9(2)13-7/h4-5H,3H2,1-2H3/p+1. The molecule has 5 nitrogen and oxygen atoms in total. The molecule has 1 aromatic rings. The summed E-state index contributed by atoms with van der Waals surface area (Å²) in [6.45, 7) is 1.66. The van der Waals surface area contributed by atoms with Crippen LogP contribution < -0.4 is 4.07 Å². The third-order valence-corrected chi connectivity index (χ3v) is 4.33. The Balaban J connectivity index is 2.70. The van der Waals surface area contributed by atoms with E-state index in [1.54, 1.807) is 18.0 Å². The van der Waals surface area contributed by atoms with Crippen LogP contribution in [0.25, 0.3) is 0 Å². The summed E-state index contributed by atoms with van der Waals surface area (Å²) >= 11 is 1.26. The monoisotopic (exact) mass is 235 g/mol. The summed E-state index contributed by atoms with van der Waals surface area (Å²) in [7, 11) is 0.470. The van der Waals surface area contributed by atoms with Crippen LogP contribution in [0.2, 0.25) is 0 Å². The molecule has 1 aromatic heterocycles. The van der Waals surface area contributed by atoms with Crippen molar-refractivity contribution in [3.63, 3.8) is 0 Å². The fraction of sp³-hybridized carbons (Fsp3) is 0.571. The Bertz CT molecular complexity index is 364. The maximum atomic E-state index is 11.7. The number of carboxylic acid groups (broad SMARTS) is 1. The molecule has 0 aliphatic heterocycles. The predicted molar refractivity (Wildman–Crippen MR) is 51.4 cm³/mol. The second-order valence-corrected chi connectivity index (χ2v) is 6.07. The van der Waals surface area contributed by atoms with E-state index in [0.29, 0.717) is 4.21 Å². The fourth-order valence-electron chi connectivity index (χ4n) is 0.914. The van der Waals surface area contributed by atoms with Gasteiger partial charge in [-0.1, -0.05) is 0 Å². The van der Waals surface area contributed by atoms with Gasteiger partial charge in [-0.2, -0.15) is 0 Å². The maximum Gasteiger partial charge on any atom is 0.304 e. The SMILES string of the molecule is CC(CC(=O)O)S(=O)c1cn[n+](C)s1. The van der Waals surface area contributed by atoms with E-state index < -0.39 is 16.8 Å². The number of rotatable bonds is 4. The van der Waals surface area contributed by atoms with E-state index in [0.717, 1.165) is 0 Å². The fourth-order valence-corrected chi connectivity index (χ4v) is 3.32. The van der Waals surface area contributed by atoms with Gasteiger partial charge in [0, 0.05) is 10.3 Å². The summed E-state index contributed by atoms with van der Waals surface area (Å²) in [4.78, 5) is 10.4. The third kappa shape index (κ3) is 2.85.